The van der Waals surface area contributed by atoms with Crippen LogP contribution in [0.2, 0.25) is 0 Å². The molecule has 0 spiro atoms. The number of likely N-dealkylation sites (N-methyl/N-ethyl adjacent to an activating group) is 1. The van der Waals surface area contributed by atoms with Crippen LogP contribution in [0.4, 0.5) is 5.82 Å². The molecule has 4 rings (SSSR count). The average molecular weight is 365 g/mol. The van der Waals surface area contributed by atoms with Crippen LogP contribution in [0, 0.1) is 13.8 Å². The van der Waals surface area contributed by atoms with Gasteiger partial charge in [0, 0.05) is 48.9 Å². The van der Waals surface area contributed by atoms with Gasteiger partial charge in [0.05, 0.1) is 5.69 Å². The largest absolute Gasteiger partial charge is 0.354 e. The maximum absolute atomic E-state index is 4.88. The molecular weight excluding hydrogens is 340 g/mol. The maximum atomic E-state index is 4.88. The summed E-state index contributed by atoms with van der Waals surface area (Å²) in [5.74, 6) is 1.05. The molecule has 0 saturated carbocycles. The number of aryl methyl sites for hydroxylation is 2. The van der Waals surface area contributed by atoms with Crippen molar-refractivity contribution in [3.05, 3.63) is 53.0 Å². The fraction of sp³-hybridized carbons (Fsp3) is 0.333. The molecule has 1 fully saturated rings. The molecule has 0 aliphatic carbocycles. The van der Waals surface area contributed by atoms with Crippen LogP contribution >= 0.6 is 11.3 Å². The lowest BCUT2D eigenvalue weighted by Crippen LogP contribution is -2.44. The van der Waals surface area contributed by atoms with Gasteiger partial charge in [0.1, 0.15) is 10.8 Å². The highest BCUT2D eigenvalue weighted by atomic mass is 32.1. The van der Waals surface area contributed by atoms with E-state index in [2.05, 4.69) is 71.4 Å². The van der Waals surface area contributed by atoms with Crippen LogP contribution in [0.15, 0.2) is 41.9 Å². The first-order valence-corrected chi connectivity index (χ1v) is 9.91. The Morgan fingerprint density at radius 2 is 1.73 bits per heavy atom. The third kappa shape index (κ3) is 3.50. The standard InChI is InChI=1S/C21H24N4S/c1-15-4-5-17(12-16(15)2)19-14-26-21(23-19)18-6-7-22-20(13-18)25-10-8-24(3)9-11-25/h4-7,12-14H,8-11H2,1-3H3. The lowest BCUT2D eigenvalue weighted by molar-refractivity contribution is 0.312. The molecule has 26 heavy (non-hydrogen) atoms. The molecule has 1 aliphatic rings. The summed E-state index contributed by atoms with van der Waals surface area (Å²) in [5, 5.41) is 3.20. The predicted octanol–water partition coefficient (Wildman–Crippen LogP) is 4.24. The second-order valence-electron chi connectivity index (χ2n) is 7.03. The lowest BCUT2D eigenvalue weighted by Gasteiger charge is -2.33. The van der Waals surface area contributed by atoms with E-state index in [0.717, 1.165) is 48.3 Å². The highest BCUT2D eigenvalue weighted by molar-refractivity contribution is 7.13. The van der Waals surface area contributed by atoms with Crippen molar-refractivity contribution in [1.82, 2.24) is 14.9 Å². The average Bonchev–Trinajstić information content (AvgIpc) is 3.15. The second kappa shape index (κ2) is 7.17. The minimum Gasteiger partial charge on any atom is -0.354 e. The van der Waals surface area contributed by atoms with Crippen LogP contribution in [-0.4, -0.2) is 48.1 Å². The Bertz CT molecular complexity index is 910. The van der Waals surface area contributed by atoms with Crippen molar-refractivity contribution in [2.45, 2.75) is 13.8 Å². The Morgan fingerprint density at radius 1 is 0.923 bits per heavy atom. The molecule has 2 aromatic heterocycles. The van der Waals surface area contributed by atoms with Gasteiger partial charge in [0.15, 0.2) is 0 Å². The Labute approximate surface area is 159 Å². The topological polar surface area (TPSA) is 32.3 Å². The predicted molar refractivity (Wildman–Crippen MR) is 110 cm³/mol. The minimum atomic E-state index is 1.03. The molecular formula is C21H24N4S. The summed E-state index contributed by atoms with van der Waals surface area (Å²) in [6.45, 7) is 8.51. The van der Waals surface area contributed by atoms with Gasteiger partial charge < -0.3 is 9.80 Å². The van der Waals surface area contributed by atoms with Gasteiger partial charge in [-0.25, -0.2) is 9.97 Å². The van der Waals surface area contributed by atoms with E-state index in [0.29, 0.717) is 0 Å². The molecule has 0 amide bonds. The van der Waals surface area contributed by atoms with Gasteiger partial charge in [-0.05, 0) is 50.2 Å². The summed E-state index contributed by atoms with van der Waals surface area (Å²) >= 11 is 1.70. The lowest BCUT2D eigenvalue weighted by atomic mass is 10.1. The van der Waals surface area contributed by atoms with E-state index < -0.39 is 0 Å². The van der Waals surface area contributed by atoms with Crippen LogP contribution in [-0.2, 0) is 0 Å². The zero-order valence-electron chi connectivity index (χ0n) is 15.6. The van der Waals surface area contributed by atoms with Crippen LogP contribution in [0.5, 0.6) is 0 Å². The monoisotopic (exact) mass is 364 g/mol. The van der Waals surface area contributed by atoms with Crippen molar-refractivity contribution in [3.8, 4) is 21.8 Å². The molecule has 134 valence electrons. The van der Waals surface area contributed by atoms with Crippen molar-refractivity contribution < 1.29 is 0 Å². The molecule has 0 bridgehead atoms. The molecule has 5 heteroatoms. The van der Waals surface area contributed by atoms with E-state index >= 15 is 0 Å². The summed E-state index contributed by atoms with van der Waals surface area (Å²) in [7, 11) is 2.17. The van der Waals surface area contributed by atoms with Gasteiger partial charge in [-0.1, -0.05) is 12.1 Å². The van der Waals surface area contributed by atoms with E-state index in [-0.39, 0.29) is 0 Å². The van der Waals surface area contributed by atoms with E-state index in [1.54, 1.807) is 11.3 Å². The first-order chi connectivity index (χ1) is 12.6. The Hall–Kier alpha value is -2.24. The van der Waals surface area contributed by atoms with Crippen molar-refractivity contribution in [2.24, 2.45) is 0 Å². The van der Waals surface area contributed by atoms with Crippen molar-refractivity contribution in [3.63, 3.8) is 0 Å². The molecule has 1 saturated heterocycles. The molecule has 3 heterocycles. The molecule has 0 unspecified atom stereocenters. The first kappa shape index (κ1) is 17.2. The first-order valence-electron chi connectivity index (χ1n) is 9.03. The highest BCUT2D eigenvalue weighted by Gasteiger charge is 2.16. The van der Waals surface area contributed by atoms with Gasteiger partial charge in [-0.3, -0.25) is 0 Å². The zero-order valence-corrected chi connectivity index (χ0v) is 16.4. The highest BCUT2D eigenvalue weighted by Crippen LogP contribution is 2.31. The number of rotatable bonds is 3. The van der Waals surface area contributed by atoms with Gasteiger partial charge >= 0.3 is 0 Å². The van der Waals surface area contributed by atoms with Gasteiger partial charge in [-0.2, -0.15) is 0 Å². The third-order valence-electron chi connectivity index (χ3n) is 5.13. The molecule has 0 atom stereocenters. The Kier molecular flexibility index (Phi) is 4.74. The SMILES string of the molecule is Cc1ccc(-c2csc(-c3ccnc(N4CCN(C)CC4)c3)n2)cc1C. The number of piperazine rings is 1. The van der Waals surface area contributed by atoms with Crippen molar-refractivity contribution in [1.29, 1.82) is 0 Å². The van der Waals surface area contributed by atoms with Crippen LogP contribution in [0.1, 0.15) is 11.1 Å². The summed E-state index contributed by atoms with van der Waals surface area (Å²) < 4.78 is 0. The van der Waals surface area contributed by atoms with Gasteiger partial charge in [0.2, 0.25) is 0 Å². The number of aromatic nitrogens is 2. The van der Waals surface area contributed by atoms with E-state index in [1.807, 2.05) is 6.20 Å². The van der Waals surface area contributed by atoms with Crippen LogP contribution in [0.25, 0.3) is 21.8 Å². The summed E-state index contributed by atoms with van der Waals surface area (Å²) in [4.78, 5) is 14.2. The number of nitrogens with zero attached hydrogens (tertiary/aromatic N) is 4. The number of pyridine rings is 1. The number of benzene rings is 1. The minimum absolute atomic E-state index is 1.03. The van der Waals surface area contributed by atoms with Crippen molar-refractivity contribution >= 4 is 17.2 Å². The Morgan fingerprint density at radius 3 is 2.50 bits per heavy atom. The van der Waals surface area contributed by atoms with E-state index in [9.17, 15) is 0 Å². The molecule has 3 aromatic rings. The summed E-state index contributed by atoms with van der Waals surface area (Å²) in [5.41, 5.74) is 6.00. The van der Waals surface area contributed by atoms with Gasteiger partial charge in [-0.15, -0.1) is 11.3 Å². The number of thiazole rings is 1. The van der Waals surface area contributed by atoms with Crippen LogP contribution in [0.3, 0.4) is 0 Å². The van der Waals surface area contributed by atoms with Gasteiger partial charge in [0.25, 0.3) is 0 Å². The molecule has 0 radical (unpaired) electrons. The van der Waals surface area contributed by atoms with E-state index in [1.165, 1.54) is 16.7 Å². The molecule has 1 aliphatic heterocycles. The fourth-order valence-electron chi connectivity index (χ4n) is 3.20. The fourth-order valence-corrected chi connectivity index (χ4v) is 4.03. The normalized spacial score (nSPS) is 15.4. The quantitative estimate of drug-likeness (QED) is 0.696. The maximum Gasteiger partial charge on any atom is 0.129 e. The smallest absolute Gasteiger partial charge is 0.129 e. The second-order valence-corrected chi connectivity index (χ2v) is 7.89. The Balaban J connectivity index is 1.59. The third-order valence-corrected chi connectivity index (χ3v) is 6.02. The summed E-state index contributed by atoms with van der Waals surface area (Å²) in [6, 6.07) is 10.8. The number of hydrogen-bond acceptors (Lipinski definition) is 5. The molecule has 0 N–H and O–H groups in total. The number of anilines is 1. The van der Waals surface area contributed by atoms with E-state index in [4.69, 9.17) is 4.98 Å². The van der Waals surface area contributed by atoms with Crippen molar-refractivity contribution in [2.75, 3.05) is 38.1 Å². The number of hydrogen-bond donors (Lipinski definition) is 0. The zero-order chi connectivity index (χ0) is 18.1. The molecule has 4 nitrogen and oxygen atoms in total. The molecule has 1 aromatic carbocycles. The van der Waals surface area contributed by atoms with Crippen LogP contribution < -0.4 is 4.90 Å². The summed E-state index contributed by atoms with van der Waals surface area (Å²) in [6.07, 6.45) is 1.90.